The quantitative estimate of drug-likeness (QED) is 0.868. The Kier molecular flexibility index (Phi) is 4.17. The fraction of sp³-hybridized carbons (Fsp3) is 0.357. The molecular formula is C14H15ClN4OS. The molecule has 3 rings (SSSR count). The largest absolute Gasteiger partial charge is 0.324 e. The third-order valence-corrected chi connectivity index (χ3v) is 4.85. The monoisotopic (exact) mass is 322 g/mol. The van der Waals surface area contributed by atoms with Crippen LogP contribution in [0.5, 0.6) is 0 Å². The maximum atomic E-state index is 11.8. The number of thioether (sulfide) groups is 1. The molecule has 1 aromatic heterocycles. The van der Waals surface area contributed by atoms with Crippen LogP contribution in [0.3, 0.4) is 0 Å². The second-order valence-electron chi connectivity index (χ2n) is 4.81. The van der Waals surface area contributed by atoms with Gasteiger partial charge >= 0.3 is 0 Å². The summed E-state index contributed by atoms with van der Waals surface area (Å²) in [6, 6.07) is 7.66. The Bertz CT molecular complexity index is 643. The predicted molar refractivity (Wildman–Crippen MR) is 83.2 cm³/mol. The molecule has 5 nitrogen and oxygen atoms in total. The van der Waals surface area contributed by atoms with Crippen molar-refractivity contribution in [3.63, 3.8) is 0 Å². The molecule has 1 atom stereocenters. The summed E-state index contributed by atoms with van der Waals surface area (Å²) in [5.41, 5.74) is 1.94. The molecule has 1 amide bonds. The molecule has 1 fully saturated rings. The Balaban J connectivity index is 1.74. The van der Waals surface area contributed by atoms with Crippen LogP contribution in [0.4, 0.5) is 0 Å². The summed E-state index contributed by atoms with van der Waals surface area (Å²) in [4.78, 5) is 13.6. The molecule has 2 aromatic rings. The number of amides is 1. The number of nitrogens with zero attached hydrogens (tertiary/aromatic N) is 4. The third-order valence-electron chi connectivity index (χ3n) is 3.38. The first-order valence-electron chi connectivity index (χ1n) is 6.73. The van der Waals surface area contributed by atoms with E-state index < -0.39 is 0 Å². The van der Waals surface area contributed by atoms with E-state index in [4.69, 9.17) is 11.6 Å². The molecule has 0 radical (unpaired) electrons. The first-order chi connectivity index (χ1) is 10.2. The van der Waals surface area contributed by atoms with Gasteiger partial charge in [0.25, 0.3) is 0 Å². The topological polar surface area (TPSA) is 51.0 Å². The second-order valence-corrected chi connectivity index (χ2v) is 6.32. The molecule has 2 heterocycles. The van der Waals surface area contributed by atoms with Gasteiger partial charge in [-0.05, 0) is 24.6 Å². The Morgan fingerprint density at radius 1 is 1.38 bits per heavy atom. The van der Waals surface area contributed by atoms with Crippen molar-refractivity contribution < 1.29 is 4.79 Å². The number of rotatable bonds is 4. The molecule has 0 aliphatic carbocycles. The lowest BCUT2D eigenvalue weighted by Crippen LogP contribution is -2.27. The van der Waals surface area contributed by atoms with Crippen molar-refractivity contribution in [2.24, 2.45) is 0 Å². The van der Waals surface area contributed by atoms with Crippen molar-refractivity contribution in [3.05, 3.63) is 46.7 Å². The van der Waals surface area contributed by atoms with E-state index in [1.807, 2.05) is 42.3 Å². The van der Waals surface area contributed by atoms with Crippen LogP contribution in [0.2, 0.25) is 5.02 Å². The van der Waals surface area contributed by atoms with Crippen LogP contribution >= 0.6 is 23.4 Å². The zero-order valence-electron chi connectivity index (χ0n) is 11.6. The van der Waals surface area contributed by atoms with E-state index in [1.165, 1.54) is 0 Å². The highest BCUT2D eigenvalue weighted by Crippen LogP contribution is 2.37. The molecule has 0 N–H and O–H groups in total. The summed E-state index contributed by atoms with van der Waals surface area (Å²) in [7, 11) is 0. The van der Waals surface area contributed by atoms with Gasteiger partial charge in [-0.3, -0.25) is 4.79 Å². The highest BCUT2D eigenvalue weighted by atomic mass is 35.5. The molecule has 0 unspecified atom stereocenters. The second kappa shape index (κ2) is 6.07. The minimum Gasteiger partial charge on any atom is -0.324 e. The Hall–Kier alpha value is -1.53. The summed E-state index contributed by atoms with van der Waals surface area (Å²) in [5, 5.41) is 9.08. The number of carbonyl (C=O) groups is 1. The fourth-order valence-corrected chi connectivity index (χ4v) is 3.64. The Labute approximate surface area is 132 Å². The van der Waals surface area contributed by atoms with Gasteiger partial charge in [0.2, 0.25) is 5.91 Å². The summed E-state index contributed by atoms with van der Waals surface area (Å²) in [6.07, 6.45) is 1.91. The molecule has 1 saturated heterocycles. The van der Waals surface area contributed by atoms with E-state index in [0.717, 1.165) is 16.3 Å². The SMILES string of the molecule is CCN1C(=O)CS[C@H]1c1cn(Cc2ccc(Cl)cc2)nn1. The molecule has 7 heteroatoms. The molecule has 1 aromatic carbocycles. The van der Waals surface area contributed by atoms with Gasteiger partial charge in [0.05, 0.1) is 18.5 Å². The predicted octanol–water partition coefficient (Wildman–Crippen LogP) is 2.57. The smallest absolute Gasteiger partial charge is 0.233 e. The van der Waals surface area contributed by atoms with Gasteiger partial charge in [0.15, 0.2) is 0 Å². The maximum Gasteiger partial charge on any atom is 0.233 e. The van der Waals surface area contributed by atoms with Crippen molar-refractivity contribution in [2.45, 2.75) is 18.8 Å². The summed E-state index contributed by atoms with van der Waals surface area (Å²) < 4.78 is 1.79. The van der Waals surface area contributed by atoms with Gasteiger partial charge in [-0.1, -0.05) is 28.9 Å². The molecule has 1 aliphatic heterocycles. The van der Waals surface area contributed by atoms with Crippen molar-refractivity contribution in [3.8, 4) is 0 Å². The minimum absolute atomic E-state index is 0.0125. The molecule has 0 saturated carbocycles. The van der Waals surface area contributed by atoms with E-state index >= 15 is 0 Å². The van der Waals surface area contributed by atoms with E-state index in [0.29, 0.717) is 18.8 Å². The fourth-order valence-electron chi connectivity index (χ4n) is 2.32. The standard InChI is InChI=1S/C14H15ClN4OS/c1-2-19-13(20)9-21-14(19)12-8-18(17-16-12)7-10-3-5-11(15)6-4-10/h3-6,8,14H,2,7,9H2,1H3/t14-/m0/s1. The number of halogens is 1. The Morgan fingerprint density at radius 2 is 2.14 bits per heavy atom. The summed E-state index contributed by atoms with van der Waals surface area (Å²) >= 11 is 7.48. The number of hydrogen-bond acceptors (Lipinski definition) is 4. The highest BCUT2D eigenvalue weighted by Gasteiger charge is 2.33. The average molecular weight is 323 g/mol. The highest BCUT2D eigenvalue weighted by molar-refractivity contribution is 8.00. The van der Waals surface area contributed by atoms with Crippen molar-refractivity contribution in [1.82, 2.24) is 19.9 Å². The number of carbonyl (C=O) groups excluding carboxylic acids is 1. The lowest BCUT2D eigenvalue weighted by Gasteiger charge is -2.19. The molecule has 1 aliphatic rings. The van der Waals surface area contributed by atoms with Crippen molar-refractivity contribution in [1.29, 1.82) is 0 Å². The maximum absolute atomic E-state index is 11.8. The van der Waals surface area contributed by atoms with Gasteiger partial charge in [-0.25, -0.2) is 4.68 Å². The van der Waals surface area contributed by atoms with E-state index in [-0.39, 0.29) is 11.3 Å². The number of aromatic nitrogens is 3. The van der Waals surface area contributed by atoms with Gasteiger partial charge < -0.3 is 4.90 Å². The molecule has 110 valence electrons. The number of benzene rings is 1. The minimum atomic E-state index is -0.0125. The van der Waals surface area contributed by atoms with Crippen LogP contribution in [-0.4, -0.2) is 38.1 Å². The average Bonchev–Trinajstić information content (AvgIpc) is 3.07. The van der Waals surface area contributed by atoms with Crippen LogP contribution in [-0.2, 0) is 11.3 Å². The summed E-state index contributed by atoms with van der Waals surface area (Å²) in [6.45, 7) is 3.32. The zero-order valence-corrected chi connectivity index (χ0v) is 13.1. The third kappa shape index (κ3) is 3.06. The van der Waals surface area contributed by atoms with E-state index in [9.17, 15) is 4.79 Å². The van der Waals surface area contributed by atoms with Crippen LogP contribution in [0.15, 0.2) is 30.5 Å². The zero-order chi connectivity index (χ0) is 14.8. The first-order valence-corrected chi connectivity index (χ1v) is 8.15. The number of hydrogen-bond donors (Lipinski definition) is 0. The van der Waals surface area contributed by atoms with Gasteiger partial charge in [0, 0.05) is 11.6 Å². The molecule has 0 spiro atoms. The Morgan fingerprint density at radius 3 is 2.86 bits per heavy atom. The van der Waals surface area contributed by atoms with E-state index in [2.05, 4.69) is 10.3 Å². The van der Waals surface area contributed by atoms with Crippen LogP contribution in [0.25, 0.3) is 0 Å². The normalized spacial score (nSPS) is 18.5. The van der Waals surface area contributed by atoms with Gasteiger partial charge in [-0.15, -0.1) is 16.9 Å². The summed E-state index contributed by atoms with van der Waals surface area (Å²) in [5.74, 6) is 0.683. The van der Waals surface area contributed by atoms with Gasteiger partial charge in [-0.2, -0.15) is 0 Å². The molecule has 21 heavy (non-hydrogen) atoms. The van der Waals surface area contributed by atoms with Crippen LogP contribution in [0, 0.1) is 0 Å². The van der Waals surface area contributed by atoms with E-state index in [1.54, 1.807) is 16.4 Å². The molecule has 0 bridgehead atoms. The lowest BCUT2D eigenvalue weighted by molar-refractivity contribution is -0.127. The van der Waals surface area contributed by atoms with Crippen molar-refractivity contribution in [2.75, 3.05) is 12.3 Å². The van der Waals surface area contributed by atoms with Crippen LogP contribution in [0.1, 0.15) is 23.6 Å². The van der Waals surface area contributed by atoms with Gasteiger partial charge in [0.1, 0.15) is 11.1 Å². The van der Waals surface area contributed by atoms with Crippen LogP contribution < -0.4 is 0 Å². The molecular weight excluding hydrogens is 308 g/mol. The first kappa shape index (κ1) is 14.4. The lowest BCUT2D eigenvalue weighted by atomic mass is 10.2. The van der Waals surface area contributed by atoms with Crippen molar-refractivity contribution >= 4 is 29.3 Å².